The summed E-state index contributed by atoms with van der Waals surface area (Å²) in [4.78, 5) is 22.1. The molecule has 0 aliphatic carbocycles. The molecule has 5 nitrogen and oxygen atoms in total. The zero-order chi connectivity index (χ0) is 11.6. The molecule has 15 heavy (non-hydrogen) atoms. The van der Waals surface area contributed by atoms with Gasteiger partial charge in [-0.05, 0) is 33.1 Å². The Kier molecular flexibility index (Phi) is 3.34. The number of carboxylic acids is 1. The van der Waals surface area contributed by atoms with Crippen LogP contribution in [0.25, 0.3) is 0 Å². The highest BCUT2D eigenvalue weighted by molar-refractivity contribution is 6.00. The zero-order valence-electron chi connectivity index (χ0n) is 9.03. The van der Waals surface area contributed by atoms with Crippen molar-refractivity contribution in [1.82, 2.24) is 0 Å². The first-order valence-corrected chi connectivity index (χ1v) is 5.05. The number of nitrogens with two attached hydrogens (primary N) is 1. The SMILES string of the molecule is CC1CCC(CC(C)(C(N)=O)C(=O)O)O1. The molecular formula is C10H17NO4. The average molecular weight is 215 g/mol. The van der Waals surface area contributed by atoms with Gasteiger partial charge in [0.15, 0.2) is 0 Å². The first kappa shape index (κ1) is 12.0. The highest BCUT2D eigenvalue weighted by Gasteiger charge is 2.43. The van der Waals surface area contributed by atoms with Crippen molar-refractivity contribution in [3.63, 3.8) is 0 Å². The van der Waals surface area contributed by atoms with Crippen LogP contribution in [0.4, 0.5) is 0 Å². The summed E-state index contributed by atoms with van der Waals surface area (Å²) in [5, 5.41) is 8.97. The fraction of sp³-hybridized carbons (Fsp3) is 0.800. The van der Waals surface area contributed by atoms with Gasteiger partial charge in [0.1, 0.15) is 5.41 Å². The number of hydrogen-bond acceptors (Lipinski definition) is 3. The Balaban J connectivity index is 2.68. The lowest BCUT2D eigenvalue weighted by Gasteiger charge is -2.24. The fourth-order valence-corrected chi connectivity index (χ4v) is 1.78. The largest absolute Gasteiger partial charge is 0.480 e. The van der Waals surface area contributed by atoms with Crippen LogP contribution in [0.5, 0.6) is 0 Å². The monoisotopic (exact) mass is 215 g/mol. The second kappa shape index (κ2) is 4.18. The first-order valence-electron chi connectivity index (χ1n) is 5.05. The summed E-state index contributed by atoms with van der Waals surface area (Å²) in [7, 11) is 0. The number of primary amides is 1. The van der Waals surface area contributed by atoms with E-state index in [-0.39, 0.29) is 18.6 Å². The van der Waals surface area contributed by atoms with Crippen molar-refractivity contribution >= 4 is 11.9 Å². The smallest absolute Gasteiger partial charge is 0.319 e. The number of carbonyl (C=O) groups excluding carboxylic acids is 1. The maximum atomic E-state index is 11.1. The van der Waals surface area contributed by atoms with Crippen LogP contribution in [0.2, 0.25) is 0 Å². The summed E-state index contributed by atoms with van der Waals surface area (Å²) in [6, 6.07) is 0. The van der Waals surface area contributed by atoms with Crippen LogP contribution in [0, 0.1) is 5.41 Å². The minimum Gasteiger partial charge on any atom is -0.480 e. The Labute approximate surface area is 88.6 Å². The predicted molar refractivity (Wildman–Crippen MR) is 53.1 cm³/mol. The molecule has 1 heterocycles. The Morgan fingerprint density at radius 1 is 1.53 bits per heavy atom. The second-order valence-corrected chi connectivity index (χ2v) is 4.35. The van der Waals surface area contributed by atoms with Crippen LogP contribution in [-0.2, 0) is 14.3 Å². The highest BCUT2D eigenvalue weighted by Crippen LogP contribution is 2.31. The number of hydrogen-bond donors (Lipinski definition) is 2. The second-order valence-electron chi connectivity index (χ2n) is 4.35. The molecule has 0 aromatic carbocycles. The van der Waals surface area contributed by atoms with Gasteiger partial charge in [-0.2, -0.15) is 0 Å². The normalized spacial score (nSPS) is 29.7. The third-order valence-electron chi connectivity index (χ3n) is 2.97. The van der Waals surface area contributed by atoms with Crippen molar-refractivity contribution in [2.24, 2.45) is 11.1 Å². The van der Waals surface area contributed by atoms with Gasteiger partial charge in [0.2, 0.25) is 5.91 Å². The zero-order valence-corrected chi connectivity index (χ0v) is 9.03. The van der Waals surface area contributed by atoms with E-state index >= 15 is 0 Å². The third kappa shape index (κ3) is 2.47. The van der Waals surface area contributed by atoms with Gasteiger partial charge in [-0.15, -0.1) is 0 Å². The van der Waals surface area contributed by atoms with Crippen molar-refractivity contribution in [3.05, 3.63) is 0 Å². The summed E-state index contributed by atoms with van der Waals surface area (Å²) < 4.78 is 5.49. The van der Waals surface area contributed by atoms with Crippen molar-refractivity contribution in [2.75, 3.05) is 0 Å². The van der Waals surface area contributed by atoms with Crippen LogP contribution in [-0.4, -0.2) is 29.2 Å². The molecule has 3 N–H and O–H groups in total. The third-order valence-corrected chi connectivity index (χ3v) is 2.97. The van der Waals surface area contributed by atoms with Crippen molar-refractivity contribution in [1.29, 1.82) is 0 Å². The number of aliphatic carboxylic acids is 1. The summed E-state index contributed by atoms with van der Waals surface area (Å²) in [6.45, 7) is 3.28. The van der Waals surface area contributed by atoms with E-state index in [1.54, 1.807) is 0 Å². The molecule has 0 saturated carbocycles. The molecule has 0 bridgehead atoms. The van der Waals surface area contributed by atoms with Gasteiger partial charge in [0.25, 0.3) is 0 Å². The maximum absolute atomic E-state index is 11.1. The molecule has 3 atom stereocenters. The number of ether oxygens (including phenoxy) is 1. The van der Waals surface area contributed by atoms with Gasteiger partial charge in [0.05, 0.1) is 12.2 Å². The lowest BCUT2D eigenvalue weighted by Crippen LogP contribution is -2.43. The van der Waals surface area contributed by atoms with Crippen molar-refractivity contribution in [3.8, 4) is 0 Å². The standard InChI is InChI=1S/C10H17NO4/c1-6-3-4-7(15-6)5-10(2,8(11)12)9(13)14/h6-7H,3-5H2,1-2H3,(H2,11,12)(H,13,14). The van der Waals surface area contributed by atoms with E-state index in [4.69, 9.17) is 15.6 Å². The lowest BCUT2D eigenvalue weighted by molar-refractivity contribution is -0.156. The van der Waals surface area contributed by atoms with E-state index < -0.39 is 17.3 Å². The van der Waals surface area contributed by atoms with Gasteiger partial charge in [0, 0.05) is 0 Å². The number of carboxylic acid groups (broad SMARTS) is 1. The Morgan fingerprint density at radius 3 is 2.47 bits per heavy atom. The van der Waals surface area contributed by atoms with Crippen LogP contribution < -0.4 is 5.73 Å². The van der Waals surface area contributed by atoms with Crippen molar-refractivity contribution in [2.45, 2.75) is 45.3 Å². The molecule has 1 aliphatic heterocycles. The Hall–Kier alpha value is -1.10. The predicted octanol–water partition coefficient (Wildman–Crippen LogP) is 0.520. The maximum Gasteiger partial charge on any atom is 0.319 e. The fourth-order valence-electron chi connectivity index (χ4n) is 1.78. The molecular weight excluding hydrogens is 198 g/mol. The topological polar surface area (TPSA) is 89.6 Å². The minimum atomic E-state index is -1.52. The average Bonchev–Trinajstić information content (AvgIpc) is 2.50. The lowest BCUT2D eigenvalue weighted by atomic mass is 9.83. The molecule has 1 aliphatic rings. The van der Waals surface area contributed by atoms with E-state index in [1.807, 2.05) is 6.92 Å². The number of carbonyl (C=O) groups is 2. The van der Waals surface area contributed by atoms with Crippen LogP contribution in [0.3, 0.4) is 0 Å². The molecule has 0 aromatic rings. The summed E-state index contributed by atoms with van der Waals surface area (Å²) in [6.07, 6.45) is 1.81. The summed E-state index contributed by atoms with van der Waals surface area (Å²) in [5.41, 5.74) is 3.59. The van der Waals surface area contributed by atoms with Crippen LogP contribution in [0.1, 0.15) is 33.1 Å². The Morgan fingerprint density at radius 2 is 2.13 bits per heavy atom. The minimum absolute atomic E-state index is 0.140. The first-order chi connectivity index (χ1) is 6.86. The van der Waals surface area contributed by atoms with Gasteiger partial charge >= 0.3 is 5.97 Å². The molecule has 0 spiro atoms. The van der Waals surface area contributed by atoms with E-state index in [1.165, 1.54) is 6.92 Å². The summed E-state index contributed by atoms with van der Waals surface area (Å²) >= 11 is 0. The van der Waals surface area contributed by atoms with Crippen molar-refractivity contribution < 1.29 is 19.4 Å². The van der Waals surface area contributed by atoms with E-state index in [0.717, 1.165) is 12.8 Å². The van der Waals surface area contributed by atoms with Crippen LogP contribution >= 0.6 is 0 Å². The van der Waals surface area contributed by atoms with E-state index in [2.05, 4.69) is 0 Å². The molecule has 3 unspecified atom stereocenters. The molecule has 86 valence electrons. The van der Waals surface area contributed by atoms with Gasteiger partial charge in [-0.3, -0.25) is 9.59 Å². The van der Waals surface area contributed by atoms with Gasteiger partial charge < -0.3 is 15.6 Å². The number of amides is 1. The molecule has 1 rings (SSSR count). The van der Waals surface area contributed by atoms with E-state index in [9.17, 15) is 9.59 Å². The van der Waals surface area contributed by atoms with Gasteiger partial charge in [-0.1, -0.05) is 0 Å². The number of rotatable bonds is 4. The highest BCUT2D eigenvalue weighted by atomic mass is 16.5. The van der Waals surface area contributed by atoms with Gasteiger partial charge in [-0.25, -0.2) is 0 Å². The molecule has 0 radical (unpaired) electrons. The quantitative estimate of drug-likeness (QED) is 0.669. The molecule has 1 amide bonds. The van der Waals surface area contributed by atoms with E-state index in [0.29, 0.717) is 0 Å². The van der Waals surface area contributed by atoms with Crippen LogP contribution in [0.15, 0.2) is 0 Å². The molecule has 1 fully saturated rings. The molecule has 1 saturated heterocycles. The Bertz CT molecular complexity index is 263. The summed E-state index contributed by atoms with van der Waals surface area (Å²) in [5.74, 6) is -1.99. The molecule has 5 heteroatoms. The molecule has 0 aromatic heterocycles.